The van der Waals surface area contributed by atoms with Gasteiger partial charge in [0.2, 0.25) is 0 Å². The number of urea groups is 1. The van der Waals surface area contributed by atoms with E-state index in [9.17, 15) is 29.1 Å². The summed E-state index contributed by atoms with van der Waals surface area (Å²) in [4.78, 5) is 67.6. The molecule has 1 heterocycles. The van der Waals surface area contributed by atoms with Gasteiger partial charge in [0.05, 0.1) is 11.1 Å². The van der Waals surface area contributed by atoms with Crippen molar-refractivity contribution in [3.63, 3.8) is 0 Å². The number of carboxylic acid groups (broad SMARTS) is 2. The second-order valence-corrected chi connectivity index (χ2v) is 15.7. The monoisotopic (exact) mass is 795 g/mol. The van der Waals surface area contributed by atoms with Gasteiger partial charge in [-0.3, -0.25) is 19.3 Å². The number of nitrogens with zero attached hydrogens (tertiary/aromatic N) is 2. The van der Waals surface area contributed by atoms with Gasteiger partial charge in [-0.25, -0.2) is 9.59 Å². The fourth-order valence-electron chi connectivity index (χ4n) is 7.10. The predicted octanol–water partition coefficient (Wildman–Crippen LogP) is 7.72. The van der Waals surface area contributed by atoms with E-state index in [0.29, 0.717) is 41.4 Å². The molecule has 4 aromatic rings. The van der Waals surface area contributed by atoms with E-state index in [4.69, 9.17) is 5.11 Å². The number of carbonyl (C=O) groups is 5. The molecule has 0 unspecified atom stereocenters. The summed E-state index contributed by atoms with van der Waals surface area (Å²) in [6.07, 6.45) is 6.95. The Balaban J connectivity index is 1.25. The Hall–Kier alpha value is -5.53. The van der Waals surface area contributed by atoms with Crippen molar-refractivity contribution in [2.45, 2.75) is 90.8 Å². The summed E-state index contributed by atoms with van der Waals surface area (Å²) < 4.78 is 0. The van der Waals surface area contributed by atoms with Gasteiger partial charge < -0.3 is 31.1 Å². The van der Waals surface area contributed by atoms with Crippen molar-refractivity contribution in [3.8, 4) is 0 Å². The second kappa shape index (κ2) is 20.1. The van der Waals surface area contributed by atoms with Crippen LogP contribution in [0, 0.1) is 0 Å². The highest BCUT2D eigenvalue weighted by atomic mass is 32.1. The number of aryl methyl sites for hydroxylation is 3. The van der Waals surface area contributed by atoms with Crippen molar-refractivity contribution in [2.24, 2.45) is 0 Å². The quantitative estimate of drug-likeness (QED) is 0.0682. The van der Waals surface area contributed by atoms with Gasteiger partial charge in [0.1, 0.15) is 11.0 Å². The summed E-state index contributed by atoms with van der Waals surface area (Å²) in [6, 6.07) is 20.8. The largest absolute Gasteiger partial charge is 0.480 e. The van der Waals surface area contributed by atoms with Gasteiger partial charge in [0, 0.05) is 48.9 Å². The molecule has 3 aromatic carbocycles. The van der Waals surface area contributed by atoms with Gasteiger partial charge in [-0.2, -0.15) is 0 Å². The number of likely N-dealkylation sites (N-methyl/N-ethyl adjacent to an activating group) is 1. The standard InChI is InChI=1S/C44H53N5O7S/c1-5-35(6-2)49(25-24-48(4)44(56)45-28(3)42(52)53)27-31-10-9-11-33(26-31)39(50)47-41-38(36-12-7-8-13-37(36)57-41)40(51)46-34-22-18-30(19-23-34)15-14-29-16-20-32(21-17-29)43(54)55/h9-11,16-23,26,28,35H,5-8,12-15,24-25,27H2,1-4H3,(H,45,56)(H,46,51)(H,47,50)(H,52,53)(H,54,55)/t28-/m0/s1. The lowest BCUT2D eigenvalue weighted by atomic mass is 9.95. The van der Waals surface area contributed by atoms with E-state index in [0.717, 1.165) is 78.5 Å². The molecule has 302 valence electrons. The first kappa shape index (κ1) is 42.6. The van der Waals surface area contributed by atoms with Gasteiger partial charge in [-0.15, -0.1) is 11.3 Å². The number of rotatable bonds is 18. The molecule has 13 heteroatoms. The topological polar surface area (TPSA) is 168 Å². The molecule has 0 radical (unpaired) electrons. The third-order valence-electron chi connectivity index (χ3n) is 10.6. The molecule has 1 aliphatic rings. The number of aliphatic carboxylic acids is 1. The third kappa shape index (κ3) is 11.5. The SMILES string of the molecule is CCC(CC)N(CCN(C)C(=O)N[C@@H](C)C(=O)O)Cc1cccc(C(=O)Nc2sc3c(c2C(=O)Nc2ccc(CCc4ccc(C(=O)O)cc4)cc2)CCCC3)c1. The van der Waals surface area contributed by atoms with Crippen molar-refractivity contribution in [1.29, 1.82) is 0 Å². The van der Waals surface area contributed by atoms with Crippen molar-refractivity contribution in [3.05, 3.63) is 117 Å². The number of aromatic carboxylic acids is 1. The molecule has 5 N–H and O–H groups in total. The summed E-state index contributed by atoms with van der Waals surface area (Å²) in [7, 11) is 1.64. The van der Waals surface area contributed by atoms with Crippen LogP contribution in [0.5, 0.6) is 0 Å². The number of thiophene rings is 1. The molecule has 57 heavy (non-hydrogen) atoms. The summed E-state index contributed by atoms with van der Waals surface area (Å²) >= 11 is 1.47. The third-order valence-corrected chi connectivity index (χ3v) is 11.8. The van der Waals surface area contributed by atoms with E-state index in [1.54, 1.807) is 25.2 Å². The Labute approximate surface area is 338 Å². The summed E-state index contributed by atoms with van der Waals surface area (Å²) in [5.41, 5.74) is 5.96. The van der Waals surface area contributed by atoms with Crippen molar-refractivity contribution in [2.75, 3.05) is 30.8 Å². The summed E-state index contributed by atoms with van der Waals surface area (Å²) in [5, 5.41) is 27.5. The van der Waals surface area contributed by atoms with E-state index in [-0.39, 0.29) is 23.4 Å². The fourth-order valence-corrected chi connectivity index (χ4v) is 8.38. The first-order valence-corrected chi connectivity index (χ1v) is 20.4. The number of benzene rings is 3. The van der Waals surface area contributed by atoms with Gasteiger partial charge in [-0.05, 0) is 117 Å². The zero-order valence-corrected chi connectivity index (χ0v) is 33.9. The zero-order valence-electron chi connectivity index (χ0n) is 33.1. The molecular weight excluding hydrogens is 743 g/mol. The first-order valence-electron chi connectivity index (χ1n) is 19.6. The molecule has 1 atom stereocenters. The average Bonchev–Trinajstić information content (AvgIpc) is 3.57. The normalized spacial score (nSPS) is 12.8. The maximum absolute atomic E-state index is 13.9. The second-order valence-electron chi connectivity index (χ2n) is 14.6. The Bertz CT molecular complexity index is 2040. The van der Waals surface area contributed by atoms with Crippen LogP contribution in [0.15, 0.2) is 72.8 Å². The van der Waals surface area contributed by atoms with E-state index in [1.807, 2.05) is 54.6 Å². The lowest BCUT2D eigenvalue weighted by Gasteiger charge is -2.32. The molecule has 0 saturated carbocycles. The number of fused-ring (bicyclic) bond motifs is 1. The highest BCUT2D eigenvalue weighted by Gasteiger charge is 2.27. The number of hydrogen-bond acceptors (Lipinski definition) is 7. The van der Waals surface area contributed by atoms with Crippen LogP contribution in [0.1, 0.15) is 105 Å². The van der Waals surface area contributed by atoms with Gasteiger partial charge in [0.15, 0.2) is 0 Å². The van der Waals surface area contributed by atoms with E-state index in [2.05, 4.69) is 34.7 Å². The minimum Gasteiger partial charge on any atom is -0.480 e. The lowest BCUT2D eigenvalue weighted by Crippen LogP contribution is -2.48. The van der Waals surface area contributed by atoms with Crippen LogP contribution in [0.2, 0.25) is 0 Å². The molecule has 0 fully saturated rings. The van der Waals surface area contributed by atoms with Crippen LogP contribution >= 0.6 is 11.3 Å². The van der Waals surface area contributed by atoms with Crippen LogP contribution in [0.4, 0.5) is 15.5 Å². The molecule has 1 aromatic heterocycles. The highest BCUT2D eigenvalue weighted by molar-refractivity contribution is 7.17. The van der Waals surface area contributed by atoms with Crippen LogP contribution in [0.3, 0.4) is 0 Å². The van der Waals surface area contributed by atoms with Gasteiger partial charge in [0.25, 0.3) is 11.8 Å². The zero-order chi connectivity index (χ0) is 41.1. The summed E-state index contributed by atoms with van der Waals surface area (Å²) in [5.74, 6) is -2.61. The van der Waals surface area contributed by atoms with Crippen LogP contribution in [0.25, 0.3) is 0 Å². The minimum atomic E-state index is -1.10. The minimum absolute atomic E-state index is 0.233. The molecule has 0 spiro atoms. The van der Waals surface area contributed by atoms with E-state index < -0.39 is 24.0 Å². The fraction of sp³-hybridized carbons (Fsp3) is 0.386. The predicted molar refractivity (Wildman–Crippen MR) is 224 cm³/mol. The summed E-state index contributed by atoms with van der Waals surface area (Å²) in [6.45, 7) is 7.16. The van der Waals surface area contributed by atoms with E-state index in [1.165, 1.54) is 23.2 Å². The Kier molecular flexibility index (Phi) is 15.0. The number of nitrogens with one attached hydrogen (secondary N) is 3. The smallest absolute Gasteiger partial charge is 0.335 e. The molecule has 1 aliphatic carbocycles. The van der Waals surface area contributed by atoms with Crippen LogP contribution in [-0.4, -0.2) is 82.0 Å². The van der Waals surface area contributed by atoms with Gasteiger partial charge >= 0.3 is 18.0 Å². The van der Waals surface area contributed by atoms with Crippen LogP contribution < -0.4 is 16.0 Å². The molecule has 0 bridgehead atoms. The van der Waals surface area contributed by atoms with Crippen LogP contribution in [-0.2, 0) is 37.0 Å². The van der Waals surface area contributed by atoms with E-state index >= 15 is 0 Å². The number of anilines is 2. The Morgan fingerprint density at radius 3 is 2.05 bits per heavy atom. The Morgan fingerprint density at radius 2 is 1.42 bits per heavy atom. The molecule has 4 amide bonds. The number of amides is 4. The first-order chi connectivity index (χ1) is 27.4. The lowest BCUT2D eigenvalue weighted by molar-refractivity contribution is -0.138. The number of carbonyl (C=O) groups excluding carboxylic acids is 3. The Morgan fingerprint density at radius 1 is 0.772 bits per heavy atom. The number of carboxylic acids is 2. The molecule has 0 saturated heterocycles. The van der Waals surface area contributed by atoms with Crippen molar-refractivity contribution >= 4 is 51.8 Å². The highest BCUT2D eigenvalue weighted by Crippen LogP contribution is 2.39. The number of hydrogen-bond donors (Lipinski definition) is 5. The average molecular weight is 796 g/mol. The molecule has 5 rings (SSSR count). The maximum atomic E-state index is 13.9. The maximum Gasteiger partial charge on any atom is 0.335 e. The van der Waals surface area contributed by atoms with Gasteiger partial charge in [-0.1, -0.05) is 50.2 Å². The van der Waals surface area contributed by atoms with Crippen molar-refractivity contribution < 1.29 is 34.2 Å². The molecule has 12 nitrogen and oxygen atoms in total. The molecular formula is C44H53N5O7S. The molecule has 0 aliphatic heterocycles. The van der Waals surface area contributed by atoms with Crippen molar-refractivity contribution in [1.82, 2.24) is 15.1 Å².